The molecule has 1 aliphatic rings. The van der Waals surface area contributed by atoms with Gasteiger partial charge in [-0.3, -0.25) is 0 Å². The Morgan fingerprint density at radius 3 is 2.84 bits per heavy atom. The van der Waals surface area contributed by atoms with Crippen LogP contribution in [0.3, 0.4) is 0 Å². The van der Waals surface area contributed by atoms with E-state index in [2.05, 4.69) is 13.8 Å². The third kappa shape index (κ3) is 4.11. The minimum atomic E-state index is -0.117. The van der Waals surface area contributed by atoms with E-state index in [1.54, 1.807) is 0 Å². The van der Waals surface area contributed by atoms with Crippen LogP contribution in [-0.4, -0.2) is 20.0 Å². The summed E-state index contributed by atoms with van der Waals surface area (Å²) in [6, 6.07) is 5.68. The smallest absolute Gasteiger partial charge is 0.231 e. The first kappa shape index (κ1) is 14.2. The number of nitrogens with two attached hydrogens (primary N) is 1. The number of benzene rings is 1. The zero-order chi connectivity index (χ0) is 13.7. The van der Waals surface area contributed by atoms with Crippen LogP contribution in [-0.2, 0) is 4.74 Å². The molecule has 1 unspecified atom stereocenters. The van der Waals surface area contributed by atoms with E-state index in [0.29, 0.717) is 13.4 Å². The van der Waals surface area contributed by atoms with Crippen molar-refractivity contribution in [1.82, 2.24) is 0 Å². The van der Waals surface area contributed by atoms with Crippen molar-refractivity contribution < 1.29 is 14.2 Å². The second-order valence-corrected chi connectivity index (χ2v) is 5.33. The van der Waals surface area contributed by atoms with Gasteiger partial charge in [0.1, 0.15) is 0 Å². The van der Waals surface area contributed by atoms with E-state index < -0.39 is 0 Å². The van der Waals surface area contributed by atoms with E-state index in [1.165, 1.54) is 6.42 Å². The summed E-state index contributed by atoms with van der Waals surface area (Å²) in [6.45, 7) is 6.05. The molecule has 1 aromatic rings. The van der Waals surface area contributed by atoms with Crippen LogP contribution >= 0.6 is 0 Å². The minimum Gasteiger partial charge on any atom is -0.454 e. The van der Waals surface area contributed by atoms with E-state index in [9.17, 15) is 0 Å². The highest BCUT2D eigenvalue weighted by molar-refractivity contribution is 5.45. The van der Waals surface area contributed by atoms with Gasteiger partial charge in [-0.25, -0.2) is 0 Å². The summed E-state index contributed by atoms with van der Waals surface area (Å²) < 4.78 is 16.2. The van der Waals surface area contributed by atoms with E-state index in [1.807, 2.05) is 18.2 Å². The van der Waals surface area contributed by atoms with Crippen LogP contribution in [0.25, 0.3) is 0 Å². The van der Waals surface area contributed by atoms with Crippen LogP contribution in [0, 0.1) is 5.92 Å². The second kappa shape index (κ2) is 6.78. The molecule has 0 fully saturated rings. The zero-order valence-electron chi connectivity index (χ0n) is 11.7. The van der Waals surface area contributed by atoms with Gasteiger partial charge in [-0.15, -0.1) is 0 Å². The predicted octanol–water partition coefficient (Wildman–Crippen LogP) is 2.87. The predicted molar refractivity (Wildman–Crippen MR) is 74.4 cm³/mol. The molecule has 0 amide bonds. The molecule has 0 spiro atoms. The Bertz CT molecular complexity index is 406. The summed E-state index contributed by atoms with van der Waals surface area (Å²) in [5, 5.41) is 0. The first-order valence-corrected chi connectivity index (χ1v) is 6.89. The minimum absolute atomic E-state index is 0.117. The molecule has 0 aromatic heterocycles. The molecule has 0 aliphatic carbocycles. The Labute approximate surface area is 114 Å². The molecule has 1 atom stereocenters. The van der Waals surface area contributed by atoms with Crippen molar-refractivity contribution in [3.8, 4) is 11.5 Å². The molecule has 4 heteroatoms. The van der Waals surface area contributed by atoms with Gasteiger partial charge in [0.2, 0.25) is 6.79 Å². The van der Waals surface area contributed by atoms with Crippen molar-refractivity contribution in [2.24, 2.45) is 11.7 Å². The number of rotatable bonds is 7. The van der Waals surface area contributed by atoms with Crippen LogP contribution in [0.4, 0.5) is 0 Å². The van der Waals surface area contributed by atoms with E-state index in [4.69, 9.17) is 19.9 Å². The molecular formula is C15H23NO3. The van der Waals surface area contributed by atoms with E-state index >= 15 is 0 Å². The number of hydrogen-bond acceptors (Lipinski definition) is 4. The molecule has 1 aliphatic heterocycles. The maximum absolute atomic E-state index is 6.11. The van der Waals surface area contributed by atoms with E-state index in [-0.39, 0.29) is 6.04 Å². The van der Waals surface area contributed by atoms with Crippen LogP contribution < -0.4 is 15.2 Å². The second-order valence-electron chi connectivity index (χ2n) is 5.33. The van der Waals surface area contributed by atoms with Gasteiger partial charge in [0, 0.05) is 6.61 Å². The van der Waals surface area contributed by atoms with Crippen LogP contribution in [0.1, 0.15) is 38.3 Å². The Morgan fingerprint density at radius 2 is 2.05 bits per heavy atom. The maximum atomic E-state index is 6.11. The average Bonchev–Trinajstić information content (AvgIpc) is 2.84. The lowest BCUT2D eigenvalue weighted by Crippen LogP contribution is -2.17. The van der Waals surface area contributed by atoms with Gasteiger partial charge < -0.3 is 19.9 Å². The van der Waals surface area contributed by atoms with Crippen molar-refractivity contribution in [3.05, 3.63) is 23.8 Å². The summed E-state index contributed by atoms with van der Waals surface area (Å²) in [4.78, 5) is 0. The first-order chi connectivity index (χ1) is 9.16. The number of fused-ring (bicyclic) bond motifs is 1. The molecule has 2 rings (SSSR count). The van der Waals surface area contributed by atoms with Crippen LogP contribution in [0.5, 0.6) is 11.5 Å². The highest BCUT2D eigenvalue weighted by Gasteiger charge is 2.15. The quantitative estimate of drug-likeness (QED) is 0.770. The van der Waals surface area contributed by atoms with Gasteiger partial charge in [0.25, 0.3) is 0 Å². The van der Waals surface area contributed by atoms with Gasteiger partial charge in [-0.05, 0) is 36.5 Å². The van der Waals surface area contributed by atoms with Crippen molar-refractivity contribution in [1.29, 1.82) is 0 Å². The molecule has 106 valence electrons. The molecule has 0 bridgehead atoms. The maximum Gasteiger partial charge on any atom is 0.231 e. The molecule has 4 nitrogen and oxygen atoms in total. The van der Waals surface area contributed by atoms with Gasteiger partial charge in [-0.2, -0.15) is 0 Å². The fraction of sp³-hybridized carbons (Fsp3) is 0.600. The first-order valence-electron chi connectivity index (χ1n) is 6.89. The van der Waals surface area contributed by atoms with Crippen molar-refractivity contribution in [2.45, 2.75) is 32.7 Å². The normalized spacial score (nSPS) is 14.9. The molecular weight excluding hydrogens is 242 g/mol. The molecule has 0 saturated heterocycles. The van der Waals surface area contributed by atoms with Crippen LogP contribution in [0.2, 0.25) is 0 Å². The number of ether oxygens (including phenoxy) is 3. The Kier molecular flexibility index (Phi) is 5.05. The molecule has 0 radical (unpaired) electrons. The van der Waals surface area contributed by atoms with Crippen LogP contribution in [0.15, 0.2) is 18.2 Å². The average molecular weight is 265 g/mol. The fourth-order valence-corrected chi connectivity index (χ4v) is 2.04. The van der Waals surface area contributed by atoms with E-state index in [0.717, 1.165) is 36.0 Å². The lowest BCUT2D eigenvalue weighted by Gasteiger charge is -2.13. The van der Waals surface area contributed by atoms with Gasteiger partial charge >= 0.3 is 0 Å². The van der Waals surface area contributed by atoms with Crippen molar-refractivity contribution in [2.75, 3.05) is 20.0 Å². The lowest BCUT2D eigenvalue weighted by atomic mass is 10.1. The monoisotopic (exact) mass is 265 g/mol. The SMILES string of the molecule is CC(C)CCCOCC(N)c1ccc2c(c1)OCO2. The van der Waals surface area contributed by atoms with Gasteiger partial charge in [-0.1, -0.05) is 19.9 Å². The Morgan fingerprint density at radius 1 is 1.26 bits per heavy atom. The summed E-state index contributed by atoms with van der Waals surface area (Å²) in [5.74, 6) is 2.28. The molecule has 2 N–H and O–H groups in total. The molecule has 1 heterocycles. The topological polar surface area (TPSA) is 53.7 Å². The van der Waals surface area contributed by atoms with Gasteiger partial charge in [0.15, 0.2) is 11.5 Å². The third-order valence-electron chi connectivity index (χ3n) is 3.19. The standard InChI is InChI=1S/C15H23NO3/c1-11(2)4-3-7-17-9-13(16)12-5-6-14-15(8-12)19-10-18-14/h5-6,8,11,13H,3-4,7,9-10,16H2,1-2H3. The Hall–Kier alpha value is -1.26. The highest BCUT2D eigenvalue weighted by atomic mass is 16.7. The largest absolute Gasteiger partial charge is 0.454 e. The third-order valence-corrected chi connectivity index (χ3v) is 3.19. The van der Waals surface area contributed by atoms with Crippen molar-refractivity contribution >= 4 is 0 Å². The summed E-state index contributed by atoms with van der Waals surface area (Å²) in [5.41, 5.74) is 7.13. The number of hydrogen-bond donors (Lipinski definition) is 1. The van der Waals surface area contributed by atoms with Gasteiger partial charge in [0.05, 0.1) is 12.6 Å². The zero-order valence-corrected chi connectivity index (χ0v) is 11.7. The molecule has 1 aromatic carbocycles. The summed E-state index contributed by atoms with van der Waals surface area (Å²) >= 11 is 0. The van der Waals surface area contributed by atoms with Crippen molar-refractivity contribution in [3.63, 3.8) is 0 Å². The summed E-state index contributed by atoms with van der Waals surface area (Å²) in [7, 11) is 0. The Balaban J connectivity index is 1.75. The molecule has 19 heavy (non-hydrogen) atoms. The lowest BCUT2D eigenvalue weighted by molar-refractivity contribution is 0.115. The molecule has 0 saturated carbocycles. The highest BCUT2D eigenvalue weighted by Crippen LogP contribution is 2.33. The fourth-order valence-electron chi connectivity index (χ4n) is 2.04. The summed E-state index contributed by atoms with van der Waals surface area (Å²) in [6.07, 6.45) is 2.28.